The summed E-state index contributed by atoms with van der Waals surface area (Å²) in [6.07, 6.45) is -9.64. The summed E-state index contributed by atoms with van der Waals surface area (Å²) in [5.74, 6) is -2.06. The highest BCUT2D eigenvalue weighted by Gasteiger charge is 2.37. The average molecular weight is 461 g/mol. The Bertz CT molecular complexity index is 1260. The summed E-state index contributed by atoms with van der Waals surface area (Å²) in [7, 11) is 0. The molecule has 0 aliphatic heterocycles. The van der Waals surface area contributed by atoms with Crippen molar-refractivity contribution in [1.82, 2.24) is 9.55 Å². The molecule has 0 radical (unpaired) electrons. The maximum atomic E-state index is 13.1. The number of amides is 1. The van der Waals surface area contributed by atoms with Crippen molar-refractivity contribution in [3.8, 4) is 5.69 Å². The minimum Gasteiger partial charge on any atom is -0.322 e. The number of H-pyrrole nitrogens is 1. The monoisotopic (exact) mass is 461 g/mol. The summed E-state index contributed by atoms with van der Waals surface area (Å²) in [5.41, 5.74) is -7.40. The Kier molecular flexibility index (Phi) is 5.68. The topological polar surface area (TPSA) is 84.0 Å². The number of anilines is 1. The summed E-state index contributed by atoms with van der Waals surface area (Å²) >= 11 is 0. The second kappa shape index (κ2) is 7.98. The lowest BCUT2D eigenvalue weighted by atomic mass is 10.1. The molecule has 0 bridgehead atoms. The van der Waals surface area contributed by atoms with E-state index in [1.807, 2.05) is 0 Å². The lowest BCUT2D eigenvalue weighted by Crippen LogP contribution is -2.38. The zero-order valence-corrected chi connectivity index (χ0v) is 15.4. The van der Waals surface area contributed by atoms with E-state index in [0.717, 1.165) is 24.3 Å². The van der Waals surface area contributed by atoms with Crippen molar-refractivity contribution in [3.05, 3.63) is 92.0 Å². The first-order chi connectivity index (χ1) is 14.8. The predicted octanol–water partition coefficient (Wildman–Crippen LogP) is 3.95. The Morgan fingerprint density at radius 2 is 1.41 bits per heavy atom. The molecule has 32 heavy (non-hydrogen) atoms. The van der Waals surface area contributed by atoms with Crippen molar-refractivity contribution in [2.24, 2.45) is 0 Å². The second-order valence-corrected chi connectivity index (χ2v) is 6.37. The lowest BCUT2D eigenvalue weighted by molar-refractivity contribution is -0.143. The molecular weight excluding hydrogens is 451 g/mol. The van der Waals surface area contributed by atoms with Crippen LogP contribution in [0, 0.1) is 5.82 Å². The fourth-order valence-corrected chi connectivity index (χ4v) is 2.69. The van der Waals surface area contributed by atoms with Crippen LogP contribution in [0.1, 0.15) is 21.5 Å². The van der Waals surface area contributed by atoms with E-state index in [1.165, 1.54) is 0 Å². The van der Waals surface area contributed by atoms with Gasteiger partial charge in [0.15, 0.2) is 0 Å². The molecule has 2 aromatic carbocycles. The van der Waals surface area contributed by atoms with Gasteiger partial charge in [-0.15, -0.1) is 0 Å². The number of halogens is 7. The number of hydrogen-bond donors (Lipinski definition) is 2. The zero-order valence-electron chi connectivity index (χ0n) is 15.4. The van der Waals surface area contributed by atoms with Crippen molar-refractivity contribution in [1.29, 1.82) is 0 Å². The van der Waals surface area contributed by atoms with Crippen LogP contribution in [0.25, 0.3) is 5.69 Å². The third kappa shape index (κ3) is 4.71. The lowest BCUT2D eigenvalue weighted by Gasteiger charge is -2.15. The van der Waals surface area contributed by atoms with Crippen molar-refractivity contribution in [2.45, 2.75) is 12.4 Å². The van der Waals surface area contributed by atoms with Gasteiger partial charge >= 0.3 is 18.0 Å². The number of alkyl halides is 6. The Morgan fingerprint density at radius 1 is 0.875 bits per heavy atom. The maximum absolute atomic E-state index is 13.1. The molecule has 0 fully saturated rings. The third-order valence-corrected chi connectivity index (χ3v) is 4.15. The predicted molar refractivity (Wildman–Crippen MR) is 97.0 cm³/mol. The van der Waals surface area contributed by atoms with E-state index < -0.39 is 57.7 Å². The van der Waals surface area contributed by atoms with E-state index in [0.29, 0.717) is 10.8 Å². The van der Waals surface area contributed by atoms with Gasteiger partial charge in [0.2, 0.25) is 0 Å². The molecule has 0 atom stereocenters. The molecule has 3 rings (SSSR count). The van der Waals surface area contributed by atoms with Gasteiger partial charge in [-0.3, -0.25) is 9.59 Å². The standard InChI is InChI=1S/C19H10F7N3O3/c20-11-1-3-13(4-2-11)29-16(31)14(8-27-17(29)32)15(30)28-12-6-9(18(21,22)23)5-10(7-12)19(24,25)26/h1-8H,(H,27,32)(H,28,30). The number of benzene rings is 2. The molecule has 6 nitrogen and oxygen atoms in total. The summed E-state index contributed by atoms with van der Waals surface area (Å²) in [6.45, 7) is 0. The molecule has 1 aromatic heterocycles. The minimum absolute atomic E-state index is 0.128. The largest absolute Gasteiger partial charge is 0.416 e. The number of nitrogens with zero attached hydrogens (tertiary/aromatic N) is 1. The van der Waals surface area contributed by atoms with Crippen LogP contribution in [-0.4, -0.2) is 15.5 Å². The molecular formula is C19H10F7N3O3. The van der Waals surface area contributed by atoms with E-state index in [9.17, 15) is 45.1 Å². The Balaban J connectivity index is 2.05. The molecule has 13 heteroatoms. The number of carbonyl (C=O) groups is 1. The van der Waals surface area contributed by atoms with Crippen LogP contribution in [0.3, 0.4) is 0 Å². The Hall–Kier alpha value is -3.90. The molecule has 0 unspecified atom stereocenters. The summed E-state index contributed by atoms with van der Waals surface area (Å²) in [4.78, 5) is 39.1. The van der Waals surface area contributed by atoms with Gasteiger partial charge in [0.05, 0.1) is 16.8 Å². The molecule has 2 N–H and O–H groups in total. The molecule has 3 aromatic rings. The first-order valence-corrected chi connectivity index (χ1v) is 8.49. The van der Waals surface area contributed by atoms with Gasteiger partial charge in [0, 0.05) is 11.9 Å². The highest BCUT2D eigenvalue weighted by atomic mass is 19.4. The summed E-state index contributed by atoms with van der Waals surface area (Å²) in [6, 6.07) is 4.35. The zero-order chi connectivity index (χ0) is 23.8. The molecule has 0 saturated heterocycles. The van der Waals surface area contributed by atoms with Gasteiger partial charge in [-0.1, -0.05) is 0 Å². The van der Waals surface area contributed by atoms with Crippen LogP contribution in [0.15, 0.2) is 58.3 Å². The van der Waals surface area contributed by atoms with Crippen molar-refractivity contribution in [3.63, 3.8) is 0 Å². The van der Waals surface area contributed by atoms with Crippen LogP contribution in [0.4, 0.5) is 36.4 Å². The first kappa shape index (κ1) is 22.8. The van der Waals surface area contributed by atoms with Crippen LogP contribution in [0.2, 0.25) is 0 Å². The quantitative estimate of drug-likeness (QED) is 0.580. The van der Waals surface area contributed by atoms with Crippen molar-refractivity contribution < 1.29 is 35.5 Å². The van der Waals surface area contributed by atoms with E-state index in [-0.39, 0.29) is 23.9 Å². The maximum Gasteiger partial charge on any atom is 0.416 e. The SMILES string of the molecule is O=C(Nc1cc(C(F)(F)F)cc(C(F)(F)F)c1)c1c[nH]c(=O)n(-c2ccc(F)cc2)c1=O. The molecule has 168 valence electrons. The van der Waals surface area contributed by atoms with Crippen LogP contribution in [0.5, 0.6) is 0 Å². The molecule has 0 aliphatic rings. The fourth-order valence-electron chi connectivity index (χ4n) is 2.69. The van der Waals surface area contributed by atoms with E-state index in [4.69, 9.17) is 0 Å². The normalized spacial score (nSPS) is 12.0. The molecule has 1 amide bonds. The minimum atomic E-state index is -5.14. The fraction of sp³-hybridized carbons (Fsp3) is 0.105. The average Bonchev–Trinajstić information content (AvgIpc) is 2.68. The van der Waals surface area contributed by atoms with Gasteiger partial charge in [-0.2, -0.15) is 26.3 Å². The van der Waals surface area contributed by atoms with E-state index >= 15 is 0 Å². The number of carbonyl (C=O) groups excluding carboxylic acids is 1. The molecule has 1 heterocycles. The Morgan fingerprint density at radius 3 is 1.91 bits per heavy atom. The van der Waals surface area contributed by atoms with Crippen LogP contribution >= 0.6 is 0 Å². The molecule has 0 saturated carbocycles. The van der Waals surface area contributed by atoms with Crippen LogP contribution in [-0.2, 0) is 12.4 Å². The first-order valence-electron chi connectivity index (χ1n) is 8.49. The highest BCUT2D eigenvalue weighted by Crippen LogP contribution is 2.37. The Labute approximate surface area is 172 Å². The van der Waals surface area contributed by atoms with Gasteiger partial charge in [-0.25, -0.2) is 13.8 Å². The highest BCUT2D eigenvalue weighted by molar-refractivity contribution is 6.04. The summed E-state index contributed by atoms with van der Waals surface area (Å²) < 4.78 is 91.4. The number of aromatic amines is 1. The second-order valence-electron chi connectivity index (χ2n) is 6.37. The molecule has 0 spiro atoms. The van der Waals surface area contributed by atoms with Crippen molar-refractivity contribution in [2.75, 3.05) is 5.32 Å². The smallest absolute Gasteiger partial charge is 0.322 e. The number of hydrogen-bond acceptors (Lipinski definition) is 3. The number of nitrogens with one attached hydrogen (secondary N) is 2. The van der Waals surface area contributed by atoms with Gasteiger partial charge in [0.25, 0.3) is 11.5 Å². The number of rotatable bonds is 3. The van der Waals surface area contributed by atoms with E-state index in [2.05, 4.69) is 4.98 Å². The number of aromatic nitrogens is 2. The van der Waals surface area contributed by atoms with Crippen LogP contribution < -0.4 is 16.6 Å². The van der Waals surface area contributed by atoms with Gasteiger partial charge in [0.1, 0.15) is 11.4 Å². The van der Waals surface area contributed by atoms with Crippen molar-refractivity contribution >= 4 is 11.6 Å². The summed E-state index contributed by atoms with van der Waals surface area (Å²) in [5, 5.41) is 1.80. The molecule has 0 aliphatic carbocycles. The van der Waals surface area contributed by atoms with E-state index in [1.54, 1.807) is 5.32 Å². The van der Waals surface area contributed by atoms with Gasteiger partial charge in [-0.05, 0) is 42.5 Å². The third-order valence-electron chi connectivity index (χ3n) is 4.15. The van der Waals surface area contributed by atoms with Gasteiger partial charge < -0.3 is 10.3 Å².